The highest BCUT2D eigenvalue weighted by atomic mass is 32.1. The maximum absolute atomic E-state index is 11.6. The van der Waals surface area contributed by atoms with Crippen LogP contribution in [0.25, 0.3) is 0 Å². The third-order valence-electron chi connectivity index (χ3n) is 2.73. The summed E-state index contributed by atoms with van der Waals surface area (Å²) in [5.41, 5.74) is 2.08. The van der Waals surface area contributed by atoms with Crippen LogP contribution in [-0.2, 0) is 17.8 Å². The minimum absolute atomic E-state index is 0.0229. The average Bonchev–Trinajstić information content (AvgIpc) is 2.95. The smallest absolute Gasteiger partial charge is 0.220 e. The van der Waals surface area contributed by atoms with Gasteiger partial charge in [-0.1, -0.05) is 0 Å². The zero-order valence-corrected chi connectivity index (χ0v) is 11.3. The molecule has 0 aliphatic rings. The SMILES string of the molecule is Cc1nc(CNC(=O)CCc2ccsc2)oc1C. The molecule has 96 valence electrons. The molecule has 18 heavy (non-hydrogen) atoms. The standard InChI is InChI=1S/C13H16N2O2S/c1-9-10(2)17-13(15-9)7-14-12(16)4-3-11-5-6-18-8-11/h5-6,8H,3-4,7H2,1-2H3,(H,14,16). The van der Waals surface area contributed by atoms with Crippen LogP contribution in [0, 0.1) is 13.8 Å². The highest BCUT2D eigenvalue weighted by Gasteiger charge is 2.07. The fraction of sp³-hybridized carbons (Fsp3) is 0.385. The van der Waals surface area contributed by atoms with Gasteiger partial charge in [-0.05, 0) is 42.7 Å². The quantitative estimate of drug-likeness (QED) is 0.903. The van der Waals surface area contributed by atoms with Crippen molar-refractivity contribution >= 4 is 17.2 Å². The molecule has 0 saturated carbocycles. The molecule has 2 rings (SSSR count). The number of oxazole rings is 1. The molecule has 0 aliphatic carbocycles. The molecule has 0 bridgehead atoms. The van der Waals surface area contributed by atoms with Gasteiger partial charge in [0, 0.05) is 6.42 Å². The molecule has 0 aromatic carbocycles. The van der Waals surface area contributed by atoms with E-state index in [0.29, 0.717) is 18.9 Å². The van der Waals surface area contributed by atoms with Crippen LogP contribution in [0.1, 0.15) is 29.3 Å². The van der Waals surface area contributed by atoms with E-state index in [-0.39, 0.29) is 5.91 Å². The number of nitrogens with zero attached hydrogens (tertiary/aromatic N) is 1. The number of aromatic nitrogens is 1. The summed E-state index contributed by atoms with van der Waals surface area (Å²) in [5.74, 6) is 1.39. The van der Waals surface area contributed by atoms with E-state index < -0.39 is 0 Å². The molecular formula is C13H16N2O2S. The zero-order chi connectivity index (χ0) is 13.0. The van der Waals surface area contributed by atoms with E-state index in [1.54, 1.807) is 11.3 Å². The molecule has 2 aromatic rings. The van der Waals surface area contributed by atoms with Crippen molar-refractivity contribution in [2.45, 2.75) is 33.2 Å². The van der Waals surface area contributed by atoms with Crippen molar-refractivity contribution in [1.29, 1.82) is 0 Å². The number of nitrogens with one attached hydrogen (secondary N) is 1. The average molecular weight is 264 g/mol. The van der Waals surface area contributed by atoms with Crippen molar-refractivity contribution in [3.63, 3.8) is 0 Å². The molecule has 0 spiro atoms. The van der Waals surface area contributed by atoms with Gasteiger partial charge in [0.2, 0.25) is 11.8 Å². The van der Waals surface area contributed by atoms with Crippen molar-refractivity contribution in [3.8, 4) is 0 Å². The number of rotatable bonds is 5. The maximum Gasteiger partial charge on any atom is 0.220 e. The zero-order valence-electron chi connectivity index (χ0n) is 10.5. The van der Waals surface area contributed by atoms with Crippen LogP contribution >= 0.6 is 11.3 Å². The Morgan fingerprint density at radius 3 is 2.94 bits per heavy atom. The minimum atomic E-state index is 0.0229. The molecule has 2 heterocycles. The summed E-state index contributed by atoms with van der Waals surface area (Å²) < 4.78 is 5.39. The molecule has 1 amide bonds. The van der Waals surface area contributed by atoms with Gasteiger partial charge >= 0.3 is 0 Å². The predicted molar refractivity (Wildman–Crippen MR) is 70.5 cm³/mol. The monoisotopic (exact) mass is 264 g/mol. The first-order chi connectivity index (χ1) is 8.65. The lowest BCUT2D eigenvalue weighted by Gasteiger charge is -2.01. The molecule has 0 fully saturated rings. The number of carbonyl (C=O) groups is 1. The third-order valence-corrected chi connectivity index (χ3v) is 3.46. The van der Waals surface area contributed by atoms with Gasteiger partial charge in [0.05, 0.1) is 12.2 Å². The fourth-order valence-electron chi connectivity index (χ4n) is 1.57. The first-order valence-electron chi connectivity index (χ1n) is 5.86. The van der Waals surface area contributed by atoms with Crippen molar-refractivity contribution in [1.82, 2.24) is 10.3 Å². The maximum atomic E-state index is 11.6. The van der Waals surface area contributed by atoms with Crippen LogP contribution in [0.4, 0.5) is 0 Å². The number of hydrogen-bond acceptors (Lipinski definition) is 4. The minimum Gasteiger partial charge on any atom is -0.444 e. The van der Waals surface area contributed by atoms with Gasteiger partial charge < -0.3 is 9.73 Å². The number of amides is 1. The lowest BCUT2D eigenvalue weighted by molar-refractivity contribution is -0.121. The van der Waals surface area contributed by atoms with Crippen LogP contribution in [0.15, 0.2) is 21.2 Å². The Labute approximate surface area is 110 Å². The summed E-state index contributed by atoms with van der Waals surface area (Å²) >= 11 is 1.65. The summed E-state index contributed by atoms with van der Waals surface area (Å²) in [6, 6.07) is 2.04. The topological polar surface area (TPSA) is 55.1 Å². The van der Waals surface area contributed by atoms with Crippen molar-refractivity contribution in [2.24, 2.45) is 0 Å². The Hall–Kier alpha value is -1.62. The Bertz CT molecular complexity index is 498. The van der Waals surface area contributed by atoms with Crippen LogP contribution in [0.3, 0.4) is 0 Å². The van der Waals surface area contributed by atoms with Gasteiger partial charge in [-0.3, -0.25) is 4.79 Å². The second-order valence-electron chi connectivity index (χ2n) is 4.16. The van der Waals surface area contributed by atoms with E-state index in [0.717, 1.165) is 17.9 Å². The van der Waals surface area contributed by atoms with Gasteiger partial charge in [-0.25, -0.2) is 4.98 Å². The normalized spacial score (nSPS) is 10.6. The Morgan fingerprint density at radius 1 is 1.50 bits per heavy atom. The Balaban J connectivity index is 1.74. The molecule has 2 aromatic heterocycles. The van der Waals surface area contributed by atoms with Crippen LogP contribution in [0.2, 0.25) is 0 Å². The molecule has 0 atom stereocenters. The van der Waals surface area contributed by atoms with E-state index in [1.165, 1.54) is 5.56 Å². The lowest BCUT2D eigenvalue weighted by Crippen LogP contribution is -2.23. The van der Waals surface area contributed by atoms with E-state index in [4.69, 9.17) is 4.42 Å². The number of aryl methyl sites for hydroxylation is 3. The molecular weight excluding hydrogens is 248 g/mol. The van der Waals surface area contributed by atoms with Gasteiger partial charge in [-0.2, -0.15) is 11.3 Å². The van der Waals surface area contributed by atoms with Gasteiger partial charge in [0.25, 0.3) is 0 Å². The highest BCUT2D eigenvalue weighted by molar-refractivity contribution is 7.07. The van der Waals surface area contributed by atoms with Crippen LogP contribution in [0.5, 0.6) is 0 Å². The third kappa shape index (κ3) is 3.43. The van der Waals surface area contributed by atoms with Crippen molar-refractivity contribution in [2.75, 3.05) is 0 Å². The van der Waals surface area contributed by atoms with E-state index in [1.807, 2.05) is 25.3 Å². The first kappa shape index (κ1) is 12.8. The molecule has 0 saturated heterocycles. The van der Waals surface area contributed by atoms with Crippen molar-refractivity contribution in [3.05, 3.63) is 39.7 Å². The van der Waals surface area contributed by atoms with Crippen LogP contribution in [-0.4, -0.2) is 10.9 Å². The van der Waals surface area contributed by atoms with E-state index in [9.17, 15) is 4.79 Å². The summed E-state index contributed by atoms with van der Waals surface area (Å²) in [6.45, 7) is 4.11. The predicted octanol–water partition coefficient (Wildman–Crippen LogP) is 2.60. The fourth-order valence-corrected chi connectivity index (χ4v) is 2.27. The summed E-state index contributed by atoms with van der Waals surface area (Å²) in [4.78, 5) is 15.8. The van der Waals surface area contributed by atoms with Crippen molar-refractivity contribution < 1.29 is 9.21 Å². The van der Waals surface area contributed by atoms with E-state index in [2.05, 4.69) is 15.7 Å². The van der Waals surface area contributed by atoms with E-state index >= 15 is 0 Å². The molecule has 4 nitrogen and oxygen atoms in total. The van der Waals surface area contributed by atoms with Gasteiger partial charge in [-0.15, -0.1) is 0 Å². The molecule has 0 unspecified atom stereocenters. The number of hydrogen-bond donors (Lipinski definition) is 1. The first-order valence-corrected chi connectivity index (χ1v) is 6.80. The molecule has 0 radical (unpaired) electrons. The summed E-state index contributed by atoms with van der Waals surface area (Å²) in [7, 11) is 0. The lowest BCUT2D eigenvalue weighted by atomic mass is 10.2. The Kier molecular flexibility index (Phi) is 4.15. The summed E-state index contributed by atoms with van der Waals surface area (Å²) in [6.07, 6.45) is 1.27. The number of thiophene rings is 1. The summed E-state index contributed by atoms with van der Waals surface area (Å²) in [5, 5.41) is 6.89. The van der Waals surface area contributed by atoms with Gasteiger partial charge in [0.1, 0.15) is 5.76 Å². The van der Waals surface area contributed by atoms with Gasteiger partial charge in [0.15, 0.2) is 0 Å². The Morgan fingerprint density at radius 2 is 2.33 bits per heavy atom. The molecule has 0 aliphatic heterocycles. The largest absolute Gasteiger partial charge is 0.444 e. The highest BCUT2D eigenvalue weighted by Crippen LogP contribution is 2.09. The molecule has 1 N–H and O–H groups in total. The molecule has 5 heteroatoms. The second kappa shape index (κ2) is 5.82. The van der Waals surface area contributed by atoms with Crippen LogP contribution < -0.4 is 5.32 Å². The second-order valence-corrected chi connectivity index (χ2v) is 4.94. The number of carbonyl (C=O) groups excluding carboxylic acids is 1.